The van der Waals surface area contributed by atoms with Gasteiger partial charge in [-0.3, -0.25) is 14.5 Å². The lowest BCUT2D eigenvalue weighted by atomic mass is 9.86. The molecule has 38 heavy (non-hydrogen) atoms. The number of carbonyl (C=O) groups excluding carboxylic acids is 3. The number of amides is 4. The van der Waals surface area contributed by atoms with Gasteiger partial charge in [0.05, 0.1) is 22.4 Å². The second-order valence-corrected chi connectivity index (χ2v) is 11.9. The Kier molecular flexibility index (Phi) is 7.72. The van der Waals surface area contributed by atoms with Crippen molar-refractivity contribution in [3.8, 4) is 5.75 Å². The maximum Gasteiger partial charge on any atom is 0.326 e. The average Bonchev–Trinajstić information content (AvgIpc) is 3.25. The van der Waals surface area contributed by atoms with E-state index in [-0.39, 0.29) is 53.4 Å². The van der Waals surface area contributed by atoms with E-state index < -0.39 is 0 Å². The number of thioether (sulfide) groups is 1. The van der Waals surface area contributed by atoms with Gasteiger partial charge in [0.2, 0.25) is 5.91 Å². The van der Waals surface area contributed by atoms with Gasteiger partial charge in [0.1, 0.15) is 5.75 Å². The molecule has 0 bridgehead atoms. The molecule has 4 amide bonds. The number of nitrogens with zero attached hydrogens (tertiary/aromatic N) is 1. The number of aryl methyl sites for hydroxylation is 1. The van der Waals surface area contributed by atoms with Crippen molar-refractivity contribution in [2.45, 2.75) is 82.5 Å². The van der Waals surface area contributed by atoms with Crippen molar-refractivity contribution in [2.24, 2.45) is 5.92 Å². The fraction of sp³-hybridized carbons (Fsp3) is 0.536. The van der Waals surface area contributed by atoms with Gasteiger partial charge in [-0.1, -0.05) is 31.2 Å². The van der Waals surface area contributed by atoms with Gasteiger partial charge in [0, 0.05) is 29.4 Å². The lowest BCUT2D eigenvalue weighted by molar-refractivity contribution is -0.120. The molecule has 4 aliphatic rings. The Morgan fingerprint density at radius 1 is 1.18 bits per heavy atom. The highest BCUT2D eigenvalue weighted by Crippen LogP contribution is 2.48. The molecule has 1 saturated carbocycles. The van der Waals surface area contributed by atoms with Gasteiger partial charge in [-0.25, -0.2) is 4.79 Å². The molecule has 0 spiro atoms. The molecule has 5 atom stereocenters. The van der Waals surface area contributed by atoms with Crippen molar-refractivity contribution in [1.82, 2.24) is 21.3 Å². The number of urea groups is 1. The van der Waals surface area contributed by atoms with Crippen LogP contribution in [-0.2, 0) is 9.59 Å². The molecular formula is C28H37N5O4S. The second-order valence-electron chi connectivity index (χ2n) is 10.7. The monoisotopic (exact) mass is 539 g/mol. The van der Waals surface area contributed by atoms with Gasteiger partial charge in [-0.2, -0.15) is 0 Å². The molecule has 0 radical (unpaired) electrons. The van der Waals surface area contributed by atoms with Crippen molar-refractivity contribution in [3.63, 3.8) is 0 Å². The highest BCUT2D eigenvalue weighted by molar-refractivity contribution is 8.04. The molecule has 5 rings (SSSR count). The number of rotatable bonds is 7. The van der Waals surface area contributed by atoms with Crippen molar-refractivity contribution in [3.05, 3.63) is 47.0 Å². The topological polar surface area (TPSA) is 112 Å². The Morgan fingerprint density at radius 3 is 2.61 bits per heavy atom. The van der Waals surface area contributed by atoms with E-state index in [0.29, 0.717) is 10.6 Å². The lowest BCUT2D eigenvalue weighted by Crippen LogP contribution is -2.62. The average molecular weight is 540 g/mol. The maximum atomic E-state index is 13.6. The van der Waals surface area contributed by atoms with Crippen LogP contribution in [0.15, 0.2) is 41.5 Å². The standard InChI is InChI=1S/C28H37N5O4S/c1-5-22(34)30-18-8-6-7-9-19(18)31-26(35)25-24-23-21(12-13-29-27(23)38-25)33(28(36)32-24)20-11-10-17(14-16(20)4)37-15(2)3/h5,10-11,14-15,18-19,21,23,27,29H,1,6-9,12-13H2,2-4H3,(H,30,34)(H,31,35)(H,32,36)/t18-,19-,21?,23?,27?/m1/s1. The van der Waals surface area contributed by atoms with E-state index in [1.807, 2.05) is 43.9 Å². The van der Waals surface area contributed by atoms with Crippen LogP contribution in [-0.4, -0.2) is 54.0 Å². The predicted octanol–water partition coefficient (Wildman–Crippen LogP) is 3.30. The number of ether oxygens (including phenoxy) is 1. The summed E-state index contributed by atoms with van der Waals surface area (Å²) in [7, 11) is 0. The first-order valence-electron chi connectivity index (χ1n) is 13.5. The molecule has 0 aromatic heterocycles. The number of anilines is 1. The SMILES string of the molecule is C=CC(=O)N[C@@H]1CCCC[C@H]1NC(=O)C1=C2NC(=O)N(c3ccc(OC(C)C)cc3C)C3CCNC(S1)C23. The summed E-state index contributed by atoms with van der Waals surface area (Å²) in [6.07, 6.45) is 5.72. The largest absolute Gasteiger partial charge is 0.491 e. The summed E-state index contributed by atoms with van der Waals surface area (Å²) >= 11 is 1.49. The van der Waals surface area contributed by atoms with Gasteiger partial charge in [-0.05, 0) is 76.4 Å². The highest BCUT2D eigenvalue weighted by atomic mass is 32.2. The minimum absolute atomic E-state index is 0.000856. The summed E-state index contributed by atoms with van der Waals surface area (Å²) in [6, 6.07) is 5.26. The normalized spacial score (nSPS) is 28.5. The quantitative estimate of drug-likeness (QED) is 0.396. The Morgan fingerprint density at radius 2 is 1.92 bits per heavy atom. The van der Waals surface area contributed by atoms with Gasteiger partial charge < -0.3 is 26.0 Å². The third-order valence-electron chi connectivity index (χ3n) is 7.74. The number of benzene rings is 1. The van der Waals surface area contributed by atoms with E-state index in [0.717, 1.165) is 55.6 Å². The van der Waals surface area contributed by atoms with E-state index in [9.17, 15) is 14.4 Å². The first kappa shape index (κ1) is 26.6. The fourth-order valence-electron chi connectivity index (χ4n) is 6.10. The number of nitrogens with one attached hydrogen (secondary N) is 4. The minimum Gasteiger partial charge on any atom is -0.491 e. The van der Waals surface area contributed by atoms with Gasteiger partial charge in [0.15, 0.2) is 0 Å². The first-order chi connectivity index (χ1) is 18.3. The summed E-state index contributed by atoms with van der Waals surface area (Å²) in [4.78, 5) is 41.5. The first-order valence-corrected chi connectivity index (χ1v) is 14.4. The smallest absolute Gasteiger partial charge is 0.326 e. The van der Waals surface area contributed by atoms with Crippen molar-refractivity contribution in [2.75, 3.05) is 11.4 Å². The zero-order valence-corrected chi connectivity index (χ0v) is 23.0. The Hall–Kier alpha value is -2.98. The van der Waals surface area contributed by atoms with Gasteiger partial charge in [0.25, 0.3) is 5.91 Å². The summed E-state index contributed by atoms with van der Waals surface area (Å²) in [6.45, 7) is 10.3. The van der Waals surface area contributed by atoms with Crippen LogP contribution >= 0.6 is 11.8 Å². The lowest BCUT2D eigenvalue weighted by Gasteiger charge is -2.46. The number of hydrogen-bond donors (Lipinski definition) is 4. The third-order valence-corrected chi connectivity index (χ3v) is 9.10. The van der Waals surface area contributed by atoms with Crippen LogP contribution in [0.4, 0.5) is 10.5 Å². The molecule has 1 aliphatic carbocycles. The van der Waals surface area contributed by atoms with Crippen LogP contribution in [0, 0.1) is 12.8 Å². The predicted molar refractivity (Wildman–Crippen MR) is 149 cm³/mol. The summed E-state index contributed by atoms with van der Waals surface area (Å²) in [5, 5.41) is 12.8. The van der Waals surface area contributed by atoms with Crippen molar-refractivity contribution >= 4 is 35.3 Å². The number of carbonyl (C=O) groups is 3. The van der Waals surface area contributed by atoms with E-state index in [1.54, 1.807) is 0 Å². The molecule has 3 unspecified atom stereocenters. The molecular weight excluding hydrogens is 502 g/mol. The molecule has 9 nitrogen and oxygen atoms in total. The summed E-state index contributed by atoms with van der Waals surface area (Å²) in [5.74, 6) is 0.332. The third kappa shape index (κ3) is 5.16. The van der Waals surface area contributed by atoms with E-state index in [4.69, 9.17) is 4.74 Å². The molecule has 3 aliphatic heterocycles. The van der Waals surface area contributed by atoms with Crippen LogP contribution in [0.5, 0.6) is 5.75 Å². The molecule has 3 fully saturated rings. The summed E-state index contributed by atoms with van der Waals surface area (Å²) in [5.41, 5.74) is 2.53. The van der Waals surface area contributed by atoms with E-state index in [2.05, 4.69) is 27.8 Å². The van der Waals surface area contributed by atoms with Gasteiger partial charge >= 0.3 is 6.03 Å². The highest BCUT2D eigenvalue weighted by Gasteiger charge is 2.52. The molecule has 204 valence electrons. The van der Waals surface area contributed by atoms with Crippen LogP contribution in [0.3, 0.4) is 0 Å². The van der Waals surface area contributed by atoms with Crippen LogP contribution in [0.2, 0.25) is 0 Å². The van der Waals surface area contributed by atoms with Gasteiger partial charge in [-0.15, -0.1) is 0 Å². The Balaban J connectivity index is 1.38. The van der Waals surface area contributed by atoms with Crippen molar-refractivity contribution < 1.29 is 19.1 Å². The number of hydrogen-bond acceptors (Lipinski definition) is 6. The second kappa shape index (κ2) is 11.0. The van der Waals surface area contributed by atoms with Crippen LogP contribution < -0.4 is 30.9 Å². The fourth-order valence-corrected chi connectivity index (χ4v) is 7.50. The Bertz CT molecular complexity index is 1170. The molecule has 10 heteroatoms. The number of piperidine rings is 1. The van der Waals surface area contributed by atoms with Crippen LogP contribution in [0.25, 0.3) is 0 Å². The molecule has 2 saturated heterocycles. The summed E-state index contributed by atoms with van der Waals surface area (Å²) < 4.78 is 5.84. The Labute approximate surface area is 228 Å². The minimum atomic E-state index is -0.231. The van der Waals surface area contributed by atoms with Crippen molar-refractivity contribution in [1.29, 1.82) is 0 Å². The van der Waals surface area contributed by atoms with Crippen LogP contribution in [0.1, 0.15) is 51.5 Å². The molecule has 1 aromatic rings. The molecule has 4 N–H and O–H groups in total. The van der Waals surface area contributed by atoms with E-state index >= 15 is 0 Å². The van der Waals surface area contributed by atoms with E-state index in [1.165, 1.54) is 17.8 Å². The zero-order chi connectivity index (χ0) is 27.0. The molecule has 1 aromatic carbocycles. The molecule has 3 heterocycles. The maximum absolute atomic E-state index is 13.6. The zero-order valence-electron chi connectivity index (χ0n) is 22.2.